The SMILES string of the molecule is CCNCC1CCN(C(=O)C2CC2)CC1.Cl. The molecule has 0 aromatic carbocycles. The molecule has 0 aromatic heterocycles. The molecule has 0 radical (unpaired) electrons. The lowest BCUT2D eigenvalue weighted by atomic mass is 9.96. The molecule has 2 aliphatic rings. The van der Waals surface area contributed by atoms with Crippen LogP contribution in [0.2, 0.25) is 0 Å². The molecule has 1 saturated carbocycles. The zero-order valence-corrected chi connectivity index (χ0v) is 10.9. The molecular formula is C12H23ClN2O. The topological polar surface area (TPSA) is 32.3 Å². The maximum atomic E-state index is 11.8. The number of rotatable bonds is 4. The number of hydrogen-bond acceptors (Lipinski definition) is 2. The van der Waals surface area contributed by atoms with E-state index in [1.54, 1.807) is 0 Å². The number of nitrogens with zero attached hydrogens (tertiary/aromatic N) is 1. The largest absolute Gasteiger partial charge is 0.342 e. The van der Waals surface area contributed by atoms with Crippen LogP contribution in [0.25, 0.3) is 0 Å². The van der Waals surface area contributed by atoms with Crippen molar-refractivity contribution in [1.82, 2.24) is 10.2 Å². The van der Waals surface area contributed by atoms with Gasteiger partial charge in [0.05, 0.1) is 0 Å². The molecule has 1 amide bonds. The Morgan fingerprint density at radius 1 is 1.25 bits per heavy atom. The first-order valence-electron chi connectivity index (χ1n) is 6.30. The number of carbonyl (C=O) groups excluding carboxylic acids is 1. The van der Waals surface area contributed by atoms with E-state index < -0.39 is 0 Å². The van der Waals surface area contributed by atoms with Gasteiger partial charge >= 0.3 is 0 Å². The number of halogens is 1. The minimum atomic E-state index is 0. The number of nitrogens with one attached hydrogen (secondary N) is 1. The van der Waals surface area contributed by atoms with E-state index in [4.69, 9.17) is 0 Å². The highest BCUT2D eigenvalue weighted by atomic mass is 35.5. The van der Waals surface area contributed by atoms with Crippen molar-refractivity contribution in [3.63, 3.8) is 0 Å². The van der Waals surface area contributed by atoms with E-state index >= 15 is 0 Å². The van der Waals surface area contributed by atoms with Gasteiger partial charge in [0.15, 0.2) is 0 Å². The van der Waals surface area contributed by atoms with Gasteiger partial charge in [0.2, 0.25) is 5.91 Å². The molecule has 0 bridgehead atoms. The van der Waals surface area contributed by atoms with Gasteiger partial charge in [0, 0.05) is 19.0 Å². The van der Waals surface area contributed by atoms with E-state index in [2.05, 4.69) is 17.1 Å². The van der Waals surface area contributed by atoms with E-state index in [1.165, 1.54) is 12.8 Å². The van der Waals surface area contributed by atoms with Gasteiger partial charge in [-0.2, -0.15) is 0 Å². The summed E-state index contributed by atoms with van der Waals surface area (Å²) < 4.78 is 0. The zero-order chi connectivity index (χ0) is 10.7. The monoisotopic (exact) mass is 246 g/mol. The summed E-state index contributed by atoms with van der Waals surface area (Å²) in [6.45, 7) is 6.31. The lowest BCUT2D eigenvalue weighted by Gasteiger charge is -2.32. The van der Waals surface area contributed by atoms with Crippen LogP contribution in [0.15, 0.2) is 0 Å². The zero-order valence-electron chi connectivity index (χ0n) is 10.1. The number of amides is 1. The van der Waals surface area contributed by atoms with Crippen molar-refractivity contribution in [1.29, 1.82) is 0 Å². The van der Waals surface area contributed by atoms with Gasteiger partial charge in [-0.1, -0.05) is 6.92 Å². The fourth-order valence-electron chi connectivity index (χ4n) is 2.29. The van der Waals surface area contributed by atoms with Gasteiger partial charge in [-0.3, -0.25) is 4.79 Å². The molecule has 1 aliphatic heterocycles. The summed E-state index contributed by atoms with van der Waals surface area (Å²) in [6, 6.07) is 0. The normalized spacial score (nSPS) is 21.7. The third-order valence-corrected chi connectivity index (χ3v) is 3.54. The molecule has 0 aromatic rings. The van der Waals surface area contributed by atoms with Gasteiger partial charge in [0.25, 0.3) is 0 Å². The summed E-state index contributed by atoms with van der Waals surface area (Å²) in [7, 11) is 0. The number of piperidine rings is 1. The summed E-state index contributed by atoms with van der Waals surface area (Å²) in [6.07, 6.45) is 4.64. The Bertz CT molecular complexity index is 223. The van der Waals surface area contributed by atoms with Gasteiger partial charge in [0.1, 0.15) is 0 Å². The van der Waals surface area contributed by atoms with E-state index in [-0.39, 0.29) is 12.4 Å². The molecule has 16 heavy (non-hydrogen) atoms. The van der Waals surface area contributed by atoms with Crippen molar-refractivity contribution in [2.24, 2.45) is 11.8 Å². The smallest absolute Gasteiger partial charge is 0.225 e. The Hall–Kier alpha value is -0.280. The summed E-state index contributed by atoms with van der Waals surface area (Å²) in [5.41, 5.74) is 0. The standard InChI is InChI=1S/C12H22N2O.ClH/c1-2-13-9-10-5-7-14(8-6-10)12(15)11-3-4-11;/h10-11,13H,2-9H2,1H3;1H. The maximum Gasteiger partial charge on any atom is 0.225 e. The summed E-state index contributed by atoms with van der Waals surface area (Å²) >= 11 is 0. The number of carbonyl (C=O) groups is 1. The Morgan fingerprint density at radius 2 is 1.88 bits per heavy atom. The second-order valence-electron chi connectivity index (χ2n) is 4.85. The molecule has 2 fully saturated rings. The van der Waals surface area contributed by atoms with Crippen LogP contribution in [0.5, 0.6) is 0 Å². The predicted octanol–water partition coefficient (Wildman–Crippen LogP) is 1.67. The molecule has 3 nitrogen and oxygen atoms in total. The van der Waals surface area contributed by atoms with Crippen molar-refractivity contribution in [2.45, 2.75) is 32.6 Å². The Morgan fingerprint density at radius 3 is 2.38 bits per heavy atom. The van der Waals surface area contributed by atoms with Crippen molar-refractivity contribution < 1.29 is 4.79 Å². The van der Waals surface area contributed by atoms with Crippen LogP contribution >= 0.6 is 12.4 Å². The summed E-state index contributed by atoms with van der Waals surface area (Å²) in [5.74, 6) is 1.61. The molecule has 2 rings (SSSR count). The summed E-state index contributed by atoms with van der Waals surface area (Å²) in [4.78, 5) is 13.9. The number of hydrogen-bond donors (Lipinski definition) is 1. The van der Waals surface area contributed by atoms with E-state index in [0.717, 1.165) is 44.9 Å². The average molecular weight is 247 g/mol. The van der Waals surface area contributed by atoms with Crippen molar-refractivity contribution >= 4 is 18.3 Å². The van der Waals surface area contributed by atoms with Crippen LogP contribution in [0, 0.1) is 11.8 Å². The fourth-order valence-corrected chi connectivity index (χ4v) is 2.29. The van der Waals surface area contributed by atoms with E-state index in [9.17, 15) is 4.79 Å². The molecule has 94 valence electrons. The van der Waals surface area contributed by atoms with Gasteiger partial charge < -0.3 is 10.2 Å². The fraction of sp³-hybridized carbons (Fsp3) is 0.917. The van der Waals surface area contributed by atoms with Crippen molar-refractivity contribution in [2.75, 3.05) is 26.2 Å². The molecule has 1 aliphatic carbocycles. The molecule has 1 heterocycles. The Labute approximate surface area is 104 Å². The number of likely N-dealkylation sites (tertiary alicyclic amines) is 1. The van der Waals surface area contributed by atoms with Crippen molar-refractivity contribution in [3.05, 3.63) is 0 Å². The van der Waals surface area contributed by atoms with Crippen molar-refractivity contribution in [3.8, 4) is 0 Å². The highest BCUT2D eigenvalue weighted by Crippen LogP contribution is 2.32. The van der Waals surface area contributed by atoms with Gasteiger partial charge in [-0.25, -0.2) is 0 Å². The Kier molecular flexibility index (Phi) is 5.56. The lowest BCUT2D eigenvalue weighted by Crippen LogP contribution is -2.41. The second-order valence-corrected chi connectivity index (χ2v) is 4.85. The van der Waals surface area contributed by atoms with Crippen LogP contribution in [0.3, 0.4) is 0 Å². The third-order valence-electron chi connectivity index (χ3n) is 3.54. The van der Waals surface area contributed by atoms with Crippen LogP contribution in [0.1, 0.15) is 32.6 Å². The average Bonchev–Trinajstić information content (AvgIpc) is 3.10. The van der Waals surface area contributed by atoms with Crippen LogP contribution in [-0.2, 0) is 4.79 Å². The van der Waals surface area contributed by atoms with Crippen LogP contribution < -0.4 is 5.32 Å². The highest BCUT2D eigenvalue weighted by Gasteiger charge is 2.34. The van der Waals surface area contributed by atoms with E-state index in [1.807, 2.05) is 0 Å². The molecule has 1 N–H and O–H groups in total. The Balaban J connectivity index is 0.00000128. The third kappa shape index (κ3) is 3.63. The maximum absolute atomic E-state index is 11.8. The minimum absolute atomic E-state index is 0. The van der Waals surface area contributed by atoms with E-state index in [0.29, 0.717) is 11.8 Å². The van der Waals surface area contributed by atoms with Gasteiger partial charge in [-0.15, -0.1) is 12.4 Å². The molecule has 0 atom stereocenters. The summed E-state index contributed by atoms with van der Waals surface area (Å²) in [5, 5.41) is 3.39. The van der Waals surface area contributed by atoms with Crippen LogP contribution in [0.4, 0.5) is 0 Å². The van der Waals surface area contributed by atoms with Gasteiger partial charge in [-0.05, 0) is 44.7 Å². The minimum Gasteiger partial charge on any atom is -0.342 e. The molecular weight excluding hydrogens is 224 g/mol. The predicted molar refractivity (Wildman–Crippen MR) is 67.8 cm³/mol. The second kappa shape index (κ2) is 6.45. The first-order valence-corrected chi connectivity index (χ1v) is 6.30. The molecule has 0 unspecified atom stereocenters. The molecule has 0 spiro atoms. The molecule has 4 heteroatoms. The highest BCUT2D eigenvalue weighted by molar-refractivity contribution is 5.85. The molecule has 1 saturated heterocycles. The lowest BCUT2D eigenvalue weighted by molar-refractivity contribution is -0.133. The van der Waals surface area contributed by atoms with Crippen LogP contribution in [-0.4, -0.2) is 37.0 Å². The quantitative estimate of drug-likeness (QED) is 0.819. The first-order chi connectivity index (χ1) is 7.31. The first kappa shape index (κ1) is 13.8.